The smallest absolute Gasteiger partial charge is 0.133 e. The van der Waals surface area contributed by atoms with Gasteiger partial charge >= 0.3 is 0 Å². The summed E-state index contributed by atoms with van der Waals surface area (Å²) in [5.74, 6) is 2.44. The largest absolute Gasteiger partial charge is 0.361 e. The van der Waals surface area contributed by atoms with E-state index in [1.807, 2.05) is 13.0 Å². The summed E-state index contributed by atoms with van der Waals surface area (Å²) >= 11 is 0. The highest BCUT2D eigenvalue weighted by atomic mass is 16.5. The molecule has 0 radical (unpaired) electrons. The minimum Gasteiger partial charge on any atom is -0.361 e. The van der Waals surface area contributed by atoms with Crippen LogP contribution in [0.5, 0.6) is 0 Å². The zero-order chi connectivity index (χ0) is 7.14. The van der Waals surface area contributed by atoms with Gasteiger partial charge in [-0.15, -0.1) is 0 Å². The molecule has 0 N–H and O–H groups in total. The van der Waals surface area contributed by atoms with Crippen LogP contribution in [0.2, 0.25) is 0 Å². The molecule has 0 bridgehead atoms. The molecular weight excluding hydrogens is 126 g/mol. The molecule has 1 heterocycles. The molecule has 1 aliphatic rings. The minimum atomic E-state index is 0.692. The van der Waals surface area contributed by atoms with E-state index < -0.39 is 0 Å². The maximum atomic E-state index is 4.96. The van der Waals surface area contributed by atoms with Gasteiger partial charge in [0, 0.05) is 12.0 Å². The predicted molar refractivity (Wildman–Crippen MR) is 37.8 cm³/mol. The molecule has 10 heavy (non-hydrogen) atoms. The Hall–Kier alpha value is -0.790. The van der Waals surface area contributed by atoms with Crippen LogP contribution in [0.15, 0.2) is 10.6 Å². The van der Waals surface area contributed by atoms with Crippen molar-refractivity contribution in [2.45, 2.75) is 26.2 Å². The maximum Gasteiger partial charge on any atom is 0.133 e. The molecule has 1 aromatic rings. The van der Waals surface area contributed by atoms with Gasteiger partial charge in [-0.25, -0.2) is 0 Å². The first kappa shape index (κ1) is 5.96. The zero-order valence-corrected chi connectivity index (χ0v) is 6.29. The maximum absolute atomic E-state index is 4.96. The Balaban J connectivity index is 2.20. The molecule has 2 nitrogen and oxygen atoms in total. The monoisotopic (exact) mass is 137 g/mol. The second-order valence-electron chi connectivity index (χ2n) is 3.18. The predicted octanol–water partition coefficient (Wildman–Crippen LogP) is 2.11. The van der Waals surface area contributed by atoms with Crippen LogP contribution in [-0.4, -0.2) is 5.16 Å². The van der Waals surface area contributed by atoms with Gasteiger partial charge in [0.15, 0.2) is 0 Å². The first-order valence-electron chi connectivity index (χ1n) is 3.70. The summed E-state index contributed by atoms with van der Waals surface area (Å²) in [5.41, 5.74) is 1.14. The third kappa shape index (κ3) is 0.838. The van der Waals surface area contributed by atoms with Gasteiger partial charge < -0.3 is 4.52 Å². The molecule has 2 heteroatoms. The van der Waals surface area contributed by atoms with Crippen LogP contribution in [0.25, 0.3) is 0 Å². The molecule has 2 rings (SSSR count). The normalized spacial score (nSPS) is 30.6. The second kappa shape index (κ2) is 1.84. The van der Waals surface area contributed by atoms with Crippen molar-refractivity contribution in [3.8, 4) is 0 Å². The summed E-state index contributed by atoms with van der Waals surface area (Å²) in [6.45, 7) is 4.18. The van der Waals surface area contributed by atoms with Gasteiger partial charge in [-0.05, 0) is 19.3 Å². The van der Waals surface area contributed by atoms with E-state index in [0.717, 1.165) is 17.4 Å². The van der Waals surface area contributed by atoms with E-state index in [1.165, 1.54) is 6.42 Å². The Labute approximate surface area is 60.2 Å². The van der Waals surface area contributed by atoms with E-state index in [-0.39, 0.29) is 0 Å². The molecule has 0 amide bonds. The summed E-state index contributed by atoms with van der Waals surface area (Å²) in [7, 11) is 0. The van der Waals surface area contributed by atoms with Crippen molar-refractivity contribution < 1.29 is 4.52 Å². The molecule has 2 atom stereocenters. The second-order valence-corrected chi connectivity index (χ2v) is 3.18. The lowest BCUT2D eigenvalue weighted by molar-refractivity contribution is 0.390. The molecule has 2 unspecified atom stereocenters. The fourth-order valence-electron chi connectivity index (χ4n) is 1.29. The number of hydrogen-bond acceptors (Lipinski definition) is 2. The highest BCUT2D eigenvalue weighted by molar-refractivity contribution is 5.16. The van der Waals surface area contributed by atoms with Crippen LogP contribution in [0.4, 0.5) is 0 Å². The Morgan fingerprint density at radius 1 is 1.70 bits per heavy atom. The van der Waals surface area contributed by atoms with Crippen molar-refractivity contribution in [3.63, 3.8) is 0 Å². The van der Waals surface area contributed by atoms with Crippen molar-refractivity contribution in [2.75, 3.05) is 0 Å². The SMILES string of the molecule is Cc1cc(C2CC2C)no1. The van der Waals surface area contributed by atoms with E-state index in [0.29, 0.717) is 5.92 Å². The van der Waals surface area contributed by atoms with Crippen molar-refractivity contribution >= 4 is 0 Å². The highest BCUT2D eigenvalue weighted by Gasteiger charge is 2.36. The van der Waals surface area contributed by atoms with E-state index in [2.05, 4.69) is 12.1 Å². The van der Waals surface area contributed by atoms with Crippen molar-refractivity contribution in [1.82, 2.24) is 5.16 Å². The lowest BCUT2D eigenvalue weighted by Crippen LogP contribution is -1.77. The Morgan fingerprint density at radius 2 is 2.40 bits per heavy atom. The quantitative estimate of drug-likeness (QED) is 0.592. The number of rotatable bonds is 1. The van der Waals surface area contributed by atoms with Gasteiger partial charge in [0.05, 0.1) is 5.69 Å². The fraction of sp³-hybridized carbons (Fsp3) is 0.625. The summed E-state index contributed by atoms with van der Waals surface area (Å²) < 4.78 is 4.96. The van der Waals surface area contributed by atoms with E-state index in [4.69, 9.17) is 4.52 Å². The third-order valence-electron chi connectivity index (χ3n) is 2.14. The summed E-state index contributed by atoms with van der Waals surface area (Å²) in [5, 5.41) is 3.95. The molecule has 0 spiro atoms. The zero-order valence-electron chi connectivity index (χ0n) is 6.29. The molecule has 1 fully saturated rings. The van der Waals surface area contributed by atoms with Crippen molar-refractivity contribution in [2.24, 2.45) is 5.92 Å². The molecule has 0 aliphatic heterocycles. The minimum absolute atomic E-state index is 0.692. The lowest BCUT2D eigenvalue weighted by Gasteiger charge is -1.83. The average molecular weight is 137 g/mol. The van der Waals surface area contributed by atoms with Crippen LogP contribution in [-0.2, 0) is 0 Å². The van der Waals surface area contributed by atoms with Crippen LogP contribution in [0.1, 0.15) is 30.7 Å². The van der Waals surface area contributed by atoms with Crippen LogP contribution in [0, 0.1) is 12.8 Å². The van der Waals surface area contributed by atoms with Gasteiger partial charge in [0.1, 0.15) is 5.76 Å². The molecule has 54 valence electrons. The summed E-state index contributed by atoms with van der Waals surface area (Å²) in [6, 6.07) is 2.04. The van der Waals surface area contributed by atoms with Gasteiger partial charge in [-0.2, -0.15) is 0 Å². The Bertz CT molecular complexity index is 241. The lowest BCUT2D eigenvalue weighted by atomic mass is 10.2. The van der Waals surface area contributed by atoms with Gasteiger partial charge in [-0.1, -0.05) is 12.1 Å². The van der Waals surface area contributed by atoms with Gasteiger partial charge in [0.2, 0.25) is 0 Å². The molecule has 1 saturated carbocycles. The number of nitrogens with zero attached hydrogens (tertiary/aromatic N) is 1. The summed E-state index contributed by atoms with van der Waals surface area (Å²) in [6.07, 6.45) is 1.28. The number of aryl methyl sites for hydroxylation is 1. The molecule has 1 aromatic heterocycles. The molecule has 0 aromatic carbocycles. The Morgan fingerprint density at radius 3 is 2.80 bits per heavy atom. The van der Waals surface area contributed by atoms with E-state index in [1.54, 1.807) is 0 Å². The molecular formula is C8H11NO. The molecule has 0 saturated heterocycles. The summed E-state index contributed by atoms with van der Waals surface area (Å²) in [4.78, 5) is 0. The van der Waals surface area contributed by atoms with Crippen molar-refractivity contribution in [3.05, 3.63) is 17.5 Å². The number of aromatic nitrogens is 1. The first-order chi connectivity index (χ1) is 4.77. The Kier molecular flexibility index (Phi) is 1.10. The third-order valence-corrected chi connectivity index (χ3v) is 2.14. The van der Waals surface area contributed by atoms with E-state index in [9.17, 15) is 0 Å². The standard InChI is InChI=1S/C8H11NO/c1-5-3-7(5)8-4-6(2)10-9-8/h4-5,7H,3H2,1-2H3. The molecule has 1 aliphatic carbocycles. The van der Waals surface area contributed by atoms with Gasteiger partial charge in [0.25, 0.3) is 0 Å². The highest BCUT2D eigenvalue weighted by Crippen LogP contribution is 2.46. The topological polar surface area (TPSA) is 26.0 Å². The van der Waals surface area contributed by atoms with Gasteiger partial charge in [-0.3, -0.25) is 0 Å². The van der Waals surface area contributed by atoms with Crippen LogP contribution in [0.3, 0.4) is 0 Å². The van der Waals surface area contributed by atoms with E-state index >= 15 is 0 Å². The fourth-order valence-corrected chi connectivity index (χ4v) is 1.29. The number of hydrogen-bond donors (Lipinski definition) is 0. The first-order valence-corrected chi connectivity index (χ1v) is 3.70. The van der Waals surface area contributed by atoms with Crippen molar-refractivity contribution in [1.29, 1.82) is 0 Å². The average Bonchev–Trinajstić information content (AvgIpc) is 2.42. The van der Waals surface area contributed by atoms with Crippen LogP contribution < -0.4 is 0 Å². The van der Waals surface area contributed by atoms with Crippen LogP contribution >= 0.6 is 0 Å².